The van der Waals surface area contributed by atoms with Gasteiger partial charge < -0.3 is 9.84 Å². The van der Waals surface area contributed by atoms with E-state index < -0.39 is 0 Å². The highest BCUT2D eigenvalue weighted by Gasteiger charge is 2.41. The van der Waals surface area contributed by atoms with Crippen molar-refractivity contribution >= 4 is 0 Å². The van der Waals surface area contributed by atoms with Gasteiger partial charge in [-0.2, -0.15) is 0 Å². The van der Waals surface area contributed by atoms with E-state index >= 15 is 0 Å². The third kappa shape index (κ3) is 1.27. The van der Waals surface area contributed by atoms with Crippen LogP contribution in [0.1, 0.15) is 26.2 Å². The van der Waals surface area contributed by atoms with Crippen molar-refractivity contribution in [1.29, 1.82) is 0 Å². The molecular weight excluding hydrogens is 152 g/mol. The molecule has 1 aliphatic heterocycles. The molecule has 4 atom stereocenters. The van der Waals surface area contributed by atoms with Crippen LogP contribution in [0.25, 0.3) is 0 Å². The highest BCUT2D eigenvalue weighted by molar-refractivity contribution is 4.89. The van der Waals surface area contributed by atoms with Crippen molar-refractivity contribution in [2.75, 3.05) is 13.2 Å². The third-order valence-corrected chi connectivity index (χ3v) is 3.50. The van der Waals surface area contributed by atoms with Gasteiger partial charge in [-0.15, -0.1) is 0 Å². The van der Waals surface area contributed by atoms with Crippen molar-refractivity contribution in [2.45, 2.75) is 32.3 Å². The SMILES string of the molecule is C[C@@H]1CO[C@@H]2CCC[C@H](CO)[C@H]12. The van der Waals surface area contributed by atoms with E-state index in [0.29, 0.717) is 30.5 Å². The molecule has 1 saturated carbocycles. The molecule has 0 unspecified atom stereocenters. The summed E-state index contributed by atoms with van der Waals surface area (Å²) in [6, 6.07) is 0. The minimum Gasteiger partial charge on any atom is -0.396 e. The zero-order valence-electron chi connectivity index (χ0n) is 7.70. The van der Waals surface area contributed by atoms with Crippen molar-refractivity contribution < 1.29 is 9.84 Å². The number of rotatable bonds is 1. The molecule has 1 aliphatic carbocycles. The summed E-state index contributed by atoms with van der Waals surface area (Å²) in [5, 5.41) is 9.20. The molecule has 0 radical (unpaired) electrons. The van der Waals surface area contributed by atoms with E-state index in [4.69, 9.17) is 4.74 Å². The molecule has 70 valence electrons. The van der Waals surface area contributed by atoms with E-state index in [1.54, 1.807) is 0 Å². The predicted molar refractivity (Wildman–Crippen MR) is 46.8 cm³/mol. The Morgan fingerprint density at radius 3 is 3.00 bits per heavy atom. The monoisotopic (exact) mass is 170 g/mol. The van der Waals surface area contributed by atoms with Crippen LogP contribution in [-0.4, -0.2) is 24.4 Å². The Hall–Kier alpha value is -0.0800. The molecule has 0 aromatic carbocycles. The molecule has 2 aliphatic rings. The summed E-state index contributed by atoms with van der Waals surface area (Å²) in [7, 11) is 0. The van der Waals surface area contributed by atoms with E-state index in [2.05, 4.69) is 6.92 Å². The predicted octanol–water partition coefficient (Wildman–Crippen LogP) is 1.43. The van der Waals surface area contributed by atoms with Crippen LogP contribution in [0.4, 0.5) is 0 Å². The zero-order valence-corrected chi connectivity index (χ0v) is 7.70. The van der Waals surface area contributed by atoms with Gasteiger partial charge in [-0.3, -0.25) is 0 Å². The fraction of sp³-hybridized carbons (Fsp3) is 1.00. The Bertz CT molecular complexity index is 156. The van der Waals surface area contributed by atoms with Crippen LogP contribution in [0.5, 0.6) is 0 Å². The normalized spacial score (nSPS) is 47.5. The van der Waals surface area contributed by atoms with Gasteiger partial charge in [0.25, 0.3) is 0 Å². The van der Waals surface area contributed by atoms with Gasteiger partial charge in [-0.1, -0.05) is 13.3 Å². The van der Waals surface area contributed by atoms with Gasteiger partial charge in [0.05, 0.1) is 6.10 Å². The molecule has 2 fully saturated rings. The maximum absolute atomic E-state index is 9.20. The minimum absolute atomic E-state index is 0.356. The van der Waals surface area contributed by atoms with E-state index in [1.807, 2.05) is 0 Å². The molecule has 0 spiro atoms. The molecule has 2 nitrogen and oxygen atoms in total. The second-order valence-corrected chi connectivity index (χ2v) is 4.30. The second kappa shape index (κ2) is 3.35. The maximum atomic E-state index is 9.20. The molecule has 1 heterocycles. The Morgan fingerprint density at radius 1 is 1.42 bits per heavy atom. The standard InChI is InChI=1S/C10H18O2/c1-7-6-12-9-4-2-3-8(5-11)10(7)9/h7-11H,2-6H2,1H3/t7-,8-,9-,10+/m1/s1. The first-order valence-corrected chi connectivity index (χ1v) is 5.05. The minimum atomic E-state index is 0.356. The first kappa shape index (κ1) is 8.52. The Morgan fingerprint density at radius 2 is 2.25 bits per heavy atom. The lowest BCUT2D eigenvalue weighted by atomic mass is 9.73. The average molecular weight is 170 g/mol. The van der Waals surface area contributed by atoms with E-state index in [0.717, 1.165) is 6.61 Å². The number of fused-ring (bicyclic) bond motifs is 1. The maximum Gasteiger partial charge on any atom is 0.0610 e. The summed E-state index contributed by atoms with van der Waals surface area (Å²) >= 11 is 0. The van der Waals surface area contributed by atoms with Gasteiger partial charge in [0.15, 0.2) is 0 Å². The lowest BCUT2D eigenvalue weighted by molar-refractivity contribution is 0.0256. The van der Waals surface area contributed by atoms with Crippen molar-refractivity contribution in [3.05, 3.63) is 0 Å². The Kier molecular flexibility index (Phi) is 2.37. The molecule has 12 heavy (non-hydrogen) atoms. The molecular formula is C10H18O2. The van der Waals surface area contributed by atoms with E-state index in [9.17, 15) is 5.11 Å². The van der Waals surface area contributed by atoms with Gasteiger partial charge in [0.1, 0.15) is 0 Å². The van der Waals surface area contributed by atoms with Gasteiger partial charge in [-0.05, 0) is 30.6 Å². The number of hydrogen-bond acceptors (Lipinski definition) is 2. The first-order valence-electron chi connectivity index (χ1n) is 5.05. The van der Waals surface area contributed by atoms with Gasteiger partial charge in [0, 0.05) is 13.2 Å². The molecule has 1 N–H and O–H groups in total. The van der Waals surface area contributed by atoms with E-state index in [-0.39, 0.29) is 0 Å². The summed E-state index contributed by atoms with van der Waals surface area (Å²) in [5.41, 5.74) is 0. The summed E-state index contributed by atoms with van der Waals surface area (Å²) in [4.78, 5) is 0. The van der Waals surface area contributed by atoms with Crippen molar-refractivity contribution in [1.82, 2.24) is 0 Å². The molecule has 1 saturated heterocycles. The number of aliphatic hydroxyl groups excluding tert-OH is 1. The van der Waals surface area contributed by atoms with Crippen LogP contribution < -0.4 is 0 Å². The van der Waals surface area contributed by atoms with Crippen molar-refractivity contribution in [3.63, 3.8) is 0 Å². The Balaban J connectivity index is 2.07. The number of ether oxygens (including phenoxy) is 1. The van der Waals surface area contributed by atoms with Crippen LogP contribution in [-0.2, 0) is 4.74 Å². The van der Waals surface area contributed by atoms with E-state index in [1.165, 1.54) is 19.3 Å². The summed E-state index contributed by atoms with van der Waals surface area (Å²) < 4.78 is 5.69. The summed E-state index contributed by atoms with van der Waals surface area (Å²) in [6.07, 6.45) is 4.11. The van der Waals surface area contributed by atoms with Gasteiger partial charge in [0.2, 0.25) is 0 Å². The number of hydrogen-bond donors (Lipinski definition) is 1. The highest BCUT2D eigenvalue weighted by atomic mass is 16.5. The molecule has 2 rings (SSSR count). The molecule has 2 heteroatoms. The third-order valence-electron chi connectivity index (χ3n) is 3.50. The fourth-order valence-electron chi connectivity index (χ4n) is 2.89. The largest absolute Gasteiger partial charge is 0.396 e. The fourth-order valence-corrected chi connectivity index (χ4v) is 2.89. The molecule has 0 bridgehead atoms. The molecule has 0 aromatic heterocycles. The quantitative estimate of drug-likeness (QED) is 0.645. The average Bonchev–Trinajstić information content (AvgIpc) is 2.48. The van der Waals surface area contributed by atoms with Gasteiger partial charge in [-0.25, -0.2) is 0 Å². The smallest absolute Gasteiger partial charge is 0.0610 e. The van der Waals surface area contributed by atoms with Crippen LogP contribution >= 0.6 is 0 Å². The molecule has 0 amide bonds. The summed E-state index contributed by atoms with van der Waals surface area (Å²) in [6.45, 7) is 3.51. The van der Waals surface area contributed by atoms with Crippen LogP contribution in [0.3, 0.4) is 0 Å². The van der Waals surface area contributed by atoms with Crippen molar-refractivity contribution in [3.8, 4) is 0 Å². The number of aliphatic hydroxyl groups is 1. The lowest BCUT2D eigenvalue weighted by Gasteiger charge is -2.33. The van der Waals surface area contributed by atoms with Crippen LogP contribution in [0, 0.1) is 17.8 Å². The summed E-state index contributed by atoms with van der Waals surface area (Å²) in [5.74, 6) is 1.82. The highest BCUT2D eigenvalue weighted by Crippen LogP contribution is 2.41. The zero-order chi connectivity index (χ0) is 8.55. The van der Waals surface area contributed by atoms with Crippen molar-refractivity contribution in [2.24, 2.45) is 17.8 Å². The topological polar surface area (TPSA) is 29.5 Å². The Labute approximate surface area is 73.9 Å². The van der Waals surface area contributed by atoms with Gasteiger partial charge >= 0.3 is 0 Å². The second-order valence-electron chi connectivity index (χ2n) is 4.30. The lowest BCUT2D eigenvalue weighted by Crippen LogP contribution is -2.33. The first-order chi connectivity index (χ1) is 5.83. The van der Waals surface area contributed by atoms with Crippen LogP contribution in [0.2, 0.25) is 0 Å². The molecule has 0 aromatic rings. The van der Waals surface area contributed by atoms with Crippen LogP contribution in [0.15, 0.2) is 0 Å².